The van der Waals surface area contributed by atoms with E-state index in [1.807, 2.05) is 6.07 Å². The molecule has 0 amide bonds. The average Bonchev–Trinajstić information content (AvgIpc) is 3.56. The van der Waals surface area contributed by atoms with Gasteiger partial charge in [-0.2, -0.15) is 0 Å². The molecule has 0 atom stereocenters. The number of nitrogens with zero attached hydrogens (tertiary/aromatic N) is 3. The van der Waals surface area contributed by atoms with Crippen LogP contribution in [0.15, 0.2) is 188 Å². The van der Waals surface area contributed by atoms with E-state index in [-0.39, 0.29) is 0 Å². The van der Waals surface area contributed by atoms with Gasteiger partial charge in [0.15, 0.2) is 0 Å². The predicted octanol–water partition coefficient (Wildman–Crippen LogP) is 12.5. The first-order valence-corrected chi connectivity index (χ1v) is 17.3. The molecule has 10 aromatic rings. The highest BCUT2D eigenvalue weighted by Crippen LogP contribution is 2.42. The van der Waals surface area contributed by atoms with E-state index in [2.05, 4.69) is 187 Å². The minimum Gasteiger partial charge on any atom is -0.309 e. The van der Waals surface area contributed by atoms with Crippen molar-refractivity contribution in [2.75, 3.05) is 0 Å². The van der Waals surface area contributed by atoms with Crippen molar-refractivity contribution in [3.05, 3.63) is 188 Å². The molecule has 3 heteroatoms. The number of fused-ring (bicyclic) bond motifs is 7. The lowest BCUT2D eigenvalue weighted by Gasteiger charge is -2.15. The van der Waals surface area contributed by atoms with Crippen molar-refractivity contribution >= 4 is 43.5 Å². The van der Waals surface area contributed by atoms with Gasteiger partial charge in [-0.05, 0) is 47.5 Å². The molecule has 3 nitrogen and oxygen atoms in total. The number of pyridine rings is 2. The summed E-state index contributed by atoms with van der Waals surface area (Å²) >= 11 is 0. The van der Waals surface area contributed by atoms with Gasteiger partial charge in [0, 0.05) is 49.3 Å². The number of aromatic nitrogens is 3. The van der Waals surface area contributed by atoms with Gasteiger partial charge in [0.1, 0.15) is 0 Å². The molecule has 51 heavy (non-hydrogen) atoms. The van der Waals surface area contributed by atoms with Crippen molar-refractivity contribution in [1.29, 1.82) is 0 Å². The van der Waals surface area contributed by atoms with Gasteiger partial charge in [0.2, 0.25) is 0 Å². The molecule has 0 saturated heterocycles. The van der Waals surface area contributed by atoms with E-state index in [0.717, 1.165) is 61.3 Å². The maximum Gasteiger partial charge on any atom is 0.0788 e. The summed E-state index contributed by atoms with van der Waals surface area (Å²) in [4.78, 5) is 10.5. The molecule has 0 bridgehead atoms. The molecule has 0 saturated carbocycles. The summed E-state index contributed by atoms with van der Waals surface area (Å²) in [6.45, 7) is 0. The van der Waals surface area contributed by atoms with Crippen LogP contribution >= 0.6 is 0 Å². The van der Waals surface area contributed by atoms with Crippen LogP contribution in [0.1, 0.15) is 0 Å². The SMILES string of the molecule is c1ccc(-c2cc(-c3ccccc3)nc(-c3ccc(-c4nc5ccccc5c5c4ccc4c6ccccc6n(-c6ccccc6)c45)cc3)c2)cc1. The zero-order valence-corrected chi connectivity index (χ0v) is 27.7. The van der Waals surface area contributed by atoms with E-state index in [4.69, 9.17) is 9.97 Å². The van der Waals surface area contributed by atoms with Crippen molar-refractivity contribution in [2.45, 2.75) is 0 Å². The van der Waals surface area contributed by atoms with Gasteiger partial charge in [0.05, 0.1) is 33.6 Å². The number of para-hydroxylation sites is 3. The number of hydrogen-bond donors (Lipinski definition) is 0. The second kappa shape index (κ2) is 11.9. The monoisotopic (exact) mass is 649 g/mol. The van der Waals surface area contributed by atoms with E-state index >= 15 is 0 Å². The second-order valence-electron chi connectivity index (χ2n) is 13.0. The Kier molecular flexibility index (Phi) is 6.81. The fourth-order valence-electron chi connectivity index (χ4n) is 7.59. The highest BCUT2D eigenvalue weighted by atomic mass is 15.0. The minimum atomic E-state index is 0.937. The number of benzene rings is 7. The Labute approximate surface area is 295 Å². The fraction of sp³-hybridized carbons (Fsp3) is 0. The van der Waals surface area contributed by atoms with Gasteiger partial charge in [0.25, 0.3) is 0 Å². The maximum absolute atomic E-state index is 5.32. The van der Waals surface area contributed by atoms with Gasteiger partial charge < -0.3 is 4.57 Å². The average molecular weight is 650 g/mol. The summed E-state index contributed by atoms with van der Waals surface area (Å²) < 4.78 is 2.42. The molecule has 3 aromatic heterocycles. The van der Waals surface area contributed by atoms with Gasteiger partial charge >= 0.3 is 0 Å². The Morgan fingerprint density at radius 2 is 0.902 bits per heavy atom. The maximum atomic E-state index is 5.32. The molecule has 0 fully saturated rings. The van der Waals surface area contributed by atoms with Crippen LogP contribution in [0.25, 0.3) is 94.1 Å². The van der Waals surface area contributed by atoms with Crippen LogP contribution in [0.3, 0.4) is 0 Å². The Hall–Kier alpha value is -6.84. The van der Waals surface area contributed by atoms with Crippen molar-refractivity contribution in [3.8, 4) is 50.6 Å². The van der Waals surface area contributed by atoms with Gasteiger partial charge in [-0.15, -0.1) is 0 Å². The summed E-state index contributed by atoms with van der Waals surface area (Å²) in [5, 5.41) is 5.96. The predicted molar refractivity (Wildman–Crippen MR) is 213 cm³/mol. The molecule has 0 aliphatic heterocycles. The summed E-state index contributed by atoms with van der Waals surface area (Å²) in [6, 6.07) is 66.6. The quantitative estimate of drug-likeness (QED) is 0.174. The smallest absolute Gasteiger partial charge is 0.0788 e. The van der Waals surface area contributed by atoms with Crippen molar-refractivity contribution in [3.63, 3.8) is 0 Å². The van der Waals surface area contributed by atoms with Crippen molar-refractivity contribution < 1.29 is 0 Å². The molecule has 238 valence electrons. The fourth-order valence-corrected chi connectivity index (χ4v) is 7.59. The second-order valence-corrected chi connectivity index (χ2v) is 13.0. The van der Waals surface area contributed by atoms with E-state index < -0.39 is 0 Å². The molecular formula is C48H31N3. The zero-order chi connectivity index (χ0) is 33.7. The molecule has 3 heterocycles. The highest BCUT2D eigenvalue weighted by molar-refractivity contribution is 6.26. The first-order valence-electron chi connectivity index (χ1n) is 17.3. The van der Waals surface area contributed by atoms with Crippen LogP contribution in [0.5, 0.6) is 0 Å². The summed E-state index contributed by atoms with van der Waals surface area (Å²) in [6.07, 6.45) is 0. The lowest BCUT2D eigenvalue weighted by Crippen LogP contribution is -1.96. The Bertz CT molecular complexity index is 2820. The van der Waals surface area contributed by atoms with Gasteiger partial charge in [-0.3, -0.25) is 0 Å². The summed E-state index contributed by atoms with van der Waals surface area (Å²) in [5.74, 6) is 0. The first kappa shape index (κ1) is 29.1. The minimum absolute atomic E-state index is 0.937. The standard InChI is InChI=1S/C48H31N3/c1-4-14-32(15-5-1)36-30-43(33-16-6-2-7-17-33)49-44(31-36)34-24-26-35(27-25-34)47-41-29-28-39-38-20-11-13-23-45(38)51(37-18-8-3-9-19-37)48(39)46(41)40-21-10-12-22-42(40)50-47/h1-31H. The topological polar surface area (TPSA) is 30.7 Å². The lowest BCUT2D eigenvalue weighted by atomic mass is 9.96. The zero-order valence-electron chi connectivity index (χ0n) is 27.7. The molecule has 0 aliphatic rings. The van der Waals surface area contributed by atoms with Crippen molar-refractivity contribution in [1.82, 2.24) is 14.5 Å². The molecular weight excluding hydrogens is 619 g/mol. The van der Waals surface area contributed by atoms with Crippen LogP contribution < -0.4 is 0 Å². The van der Waals surface area contributed by atoms with Crippen LogP contribution in [0.2, 0.25) is 0 Å². The lowest BCUT2D eigenvalue weighted by molar-refractivity contribution is 1.19. The van der Waals surface area contributed by atoms with Crippen LogP contribution in [-0.4, -0.2) is 14.5 Å². The summed E-state index contributed by atoms with van der Waals surface area (Å²) in [7, 11) is 0. The first-order chi connectivity index (χ1) is 25.3. The van der Waals surface area contributed by atoms with Crippen LogP contribution in [-0.2, 0) is 0 Å². The Morgan fingerprint density at radius 1 is 0.353 bits per heavy atom. The van der Waals surface area contributed by atoms with Crippen LogP contribution in [0.4, 0.5) is 0 Å². The summed E-state index contributed by atoms with van der Waals surface area (Å²) in [5.41, 5.74) is 12.9. The Balaban J connectivity index is 1.18. The Morgan fingerprint density at radius 3 is 1.63 bits per heavy atom. The third-order valence-electron chi connectivity index (χ3n) is 9.97. The number of rotatable bonds is 5. The van der Waals surface area contributed by atoms with E-state index in [1.165, 1.54) is 32.8 Å². The van der Waals surface area contributed by atoms with E-state index in [1.54, 1.807) is 0 Å². The third kappa shape index (κ3) is 4.90. The highest BCUT2D eigenvalue weighted by Gasteiger charge is 2.20. The molecule has 0 unspecified atom stereocenters. The molecule has 0 spiro atoms. The molecule has 7 aromatic carbocycles. The largest absolute Gasteiger partial charge is 0.309 e. The normalized spacial score (nSPS) is 11.5. The van der Waals surface area contributed by atoms with Gasteiger partial charge in [-0.25, -0.2) is 9.97 Å². The van der Waals surface area contributed by atoms with Crippen LogP contribution in [0, 0.1) is 0 Å². The molecule has 10 rings (SSSR count). The number of hydrogen-bond acceptors (Lipinski definition) is 2. The van der Waals surface area contributed by atoms with E-state index in [0.29, 0.717) is 0 Å². The van der Waals surface area contributed by atoms with Gasteiger partial charge in [-0.1, -0.05) is 152 Å². The molecule has 0 N–H and O–H groups in total. The molecule has 0 aliphatic carbocycles. The molecule has 0 radical (unpaired) electrons. The van der Waals surface area contributed by atoms with Crippen molar-refractivity contribution in [2.24, 2.45) is 0 Å². The third-order valence-corrected chi connectivity index (χ3v) is 9.97. The van der Waals surface area contributed by atoms with E-state index in [9.17, 15) is 0 Å².